The van der Waals surface area contributed by atoms with Crippen LogP contribution in [0.3, 0.4) is 0 Å². The molecule has 2 atom stereocenters. The van der Waals surface area contributed by atoms with E-state index in [1.165, 1.54) is 32.8 Å². The number of rotatable bonds is 0. The van der Waals surface area contributed by atoms with Gasteiger partial charge in [-0.25, -0.2) is 4.79 Å². The number of amides is 1. The molecule has 2 fully saturated rings. The highest BCUT2D eigenvalue weighted by Gasteiger charge is 2.40. The van der Waals surface area contributed by atoms with Gasteiger partial charge in [-0.1, -0.05) is 6.42 Å². The normalized spacial score (nSPS) is 33.6. The van der Waals surface area contributed by atoms with Crippen molar-refractivity contribution in [3.8, 4) is 0 Å². The number of methoxy groups -OCH3 is 1. The summed E-state index contributed by atoms with van der Waals surface area (Å²) in [6.07, 6.45) is 4.81. The Hall–Kier alpha value is -0.730. The molecule has 0 aromatic carbocycles. The molecule has 3 nitrogen and oxygen atoms in total. The Bertz CT molecular complexity index is 193. The van der Waals surface area contributed by atoms with Crippen molar-refractivity contribution in [2.75, 3.05) is 13.7 Å². The zero-order chi connectivity index (χ0) is 8.55. The van der Waals surface area contributed by atoms with Crippen molar-refractivity contribution >= 4 is 6.09 Å². The fourth-order valence-electron chi connectivity index (χ4n) is 2.58. The number of fused-ring (bicyclic) bond motifs is 1. The van der Waals surface area contributed by atoms with Crippen molar-refractivity contribution in [2.45, 2.75) is 31.7 Å². The number of nitrogens with zero attached hydrogens (tertiary/aromatic N) is 1. The van der Waals surface area contributed by atoms with E-state index in [0.717, 1.165) is 12.5 Å². The zero-order valence-electron chi connectivity index (χ0n) is 7.45. The van der Waals surface area contributed by atoms with E-state index in [1.807, 2.05) is 4.90 Å². The molecule has 12 heavy (non-hydrogen) atoms. The summed E-state index contributed by atoms with van der Waals surface area (Å²) < 4.78 is 4.73. The molecule has 2 unspecified atom stereocenters. The Morgan fingerprint density at radius 2 is 2.25 bits per heavy atom. The van der Waals surface area contributed by atoms with Crippen molar-refractivity contribution in [1.82, 2.24) is 4.90 Å². The Labute approximate surface area is 72.7 Å². The zero-order valence-corrected chi connectivity index (χ0v) is 7.45. The van der Waals surface area contributed by atoms with Gasteiger partial charge in [-0.2, -0.15) is 0 Å². The molecule has 2 rings (SSSR count). The van der Waals surface area contributed by atoms with E-state index < -0.39 is 0 Å². The fraction of sp³-hybridized carbons (Fsp3) is 0.889. The van der Waals surface area contributed by atoms with Gasteiger partial charge in [-0.05, 0) is 25.2 Å². The monoisotopic (exact) mass is 169 g/mol. The highest BCUT2D eigenvalue weighted by molar-refractivity contribution is 5.68. The molecule has 1 heterocycles. The SMILES string of the molecule is COC(=O)N1CCC2CCCC21. The summed E-state index contributed by atoms with van der Waals surface area (Å²) in [4.78, 5) is 13.2. The number of hydrogen-bond acceptors (Lipinski definition) is 2. The number of hydrogen-bond donors (Lipinski definition) is 0. The van der Waals surface area contributed by atoms with Gasteiger partial charge in [0.2, 0.25) is 0 Å². The van der Waals surface area contributed by atoms with Crippen LogP contribution in [0.5, 0.6) is 0 Å². The molecule has 2 aliphatic rings. The molecule has 3 heteroatoms. The average Bonchev–Trinajstić information content (AvgIpc) is 2.62. The lowest BCUT2D eigenvalue weighted by Gasteiger charge is -2.21. The summed E-state index contributed by atoms with van der Waals surface area (Å²) in [5, 5.41) is 0. The molecule has 0 aromatic rings. The quantitative estimate of drug-likeness (QED) is 0.551. The Kier molecular flexibility index (Phi) is 1.95. The van der Waals surface area contributed by atoms with Crippen molar-refractivity contribution in [3.05, 3.63) is 0 Å². The van der Waals surface area contributed by atoms with Gasteiger partial charge in [-0.15, -0.1) is 0 Å². The molecule has 0 spiro atoms. The van der Waals surface area contributed by atoms with Crippen LogP contribution >= 0.6 is 0 Å². The van der Waals surface area contributed by atoms with Crippen molar-refractivity contribution < 1.29 is 9.53 Å². The maximum atomic E-state index is 11.3. The van der Waals surface area contributed by atoms with Crippen LogP contribution in [0.15, 0.2) is 0 Å². The lowest BCUT2D eigenvalue weighted by molar-refractivity contribution is 0.117. The van der Waals surface area contributed by atoms with Crippen LogP contribution in [0.4, 0.5) is 4.79 Å². The van der Waals surface area contributed by atoms with Crippen molar-refractivity contribution in [2.24, 2.45) is 5.92 Å². The number of ether oxygens (including phenoxy) is 1. The van der Waals surface area contributed by atoms with E-state index >= 15 is 0 Å². The first-order valence-corrected chi connectivity index (χ1v) is 4.67. The highest BCUT2D eigenvalue weighted by atomic mass is 16.5. The average molecular weight is 169 g/mol. The standard InChI is InChI=1S/C9H15NO2/c1-12-9(11)10-6-5-7-3-2-4-8(7)10/h7-8H,2-6H2,1H3. The predicted octanol–water partition coefficient (Wildman–Crippen LogP) is 1.63. The van der Waals surface area contributed by atoms with Gasteiger partial charge in [-0.3, -0.25) is 0 Å². The molecule has 1 aliphatic heterocycles. The van der Waals surface area contributed by atoms with Crippen LogP contribution < -0.4 is 0 Å². The third kappa shape index (κ3) is 1.08. The second-order valence-corrected chi connectivity index (χ2v) is 3.71. The second-order valence-electron chi connectivity index (χ2n) is 3.71. The lowest BCUT2D eigenvalue weighted by Crippen LogP contribution is -2.35. The minimum Gasteiger partial charge on any atom is -0.453 e. The van der Waals surface area contributed by atoms with E-state index in [9.17, 15) is 4.79 Å². The maximum Gasteiger partial charge on any atom is 0.409 e. The van der Waals surface area contributed by atoms with E-state index in [1.54, 1.807) is 0 Å². The summed E-state index contributed by atoms with van der Waals surface area (Å²) in [6, 6.07) is 0.498. The number of likely N-dealkylation sites (tertiary alicyclic amines) is 1. The summed E-state index contributed by atoms with van der Waals surface area (Å²) >= 11 is 0. The number of carbonyl (C=O) groups is 1. The molecule has 1 saturated carbocycles. The second kappa shape index (κ2) is 2.96. The third-order valence-electron chi connectivity index (χ3n) is 3.17. The third-order valence-corrected chi connectivity index (χ3v) is 3.17. The molecule has 1 aliphatic carbocycles. The number of carbonyl (C=O) groups excluding carboxylic acids is 1. The van der Waals surface area contributed by atoms with Crippen molar-refractivity contribution in [1.29, 1.82) is 0 Å². The Balaban J connectivity index is 2.04. The van der Waals surface area contributed by atoms with Crippen LogP contribution in [0, 0.1) is 5.92 Å². The molecule has 0 aromatic heterocycles. The smallest absolute Gasteiger partial charge is 0.409 e. The van der Waals surface area contributed by atoms with E-state index in [2.05, 4.69) is 0 Å². The molecule has 0 radical (unpaired) electrons. The Morgan fingerprint density at radius 1 is 1.42 bits per heavy atom. The van der Waals surface area contributed by atoms with Crippen LogP contribution in [0.2, 0.25) is 0 Å². The van der Waals surface area contributed by atoms with Crippen LogP contribution in [-0.4, -0.2) is 30.7 Å². The topological polar surface area (TPSA) is 29.5 Å². The first kappa shape index (κ1) is 7.90. The largest absolute Gasteiger partial charge is 0.453 e. The van der Waals surface area contributed by atoms with Gasteiger partial charge in [0.25, 0.3) is 0 Å². The summed E-state index contributed by atoms with van der Waals surface area (Å²) in [7, 11) is 1.46. The van der Waals surface area contributed by atoms with Gasteiger partial charge in [0.05, 0.1) is 7.11 Å². The molecule has 1 amide bonds. The van der Waals surface area contributed by atoms with E-state index in [0.29, 0.717) is 6.04 Å². The van der Waals surface area contributed by atoms with E-state index in [4.69, 9.17) is 4.74 Å². The van der Waals surface area contributed by atoms with Gasteiger partial charge in [0.1, 0.15) is 0 Å². The highest BCUT2D eigenvalue weighted by Crippen LogP contribution is 2.37. The van der Waals surface area contributed by atoms with Crippen LogP contribution in [-0.2, 0) is 4.74 Å². The minimum atomic E-state index is -0.135. The first-order chi connectivity index (χ1) is 5.83. The van der Waals surface area contributed by atoms with Gasteiger partial charge >= 0.3 is 6.09 Å². The lowest BCUT2D eigenvalue weighted by atomic mass is 10.1. The predicted molar refractivity (Wildman–Crippen MR) is 44.9 cm³/mol. The first-order valence-electron chi connectivity index (χ1n) is 4.67. The molecular weight excluding hydrogens is 154 g/mol. The molecular formula is C9H15NO2. The maximum absolute atomic E-state index is 11.3. The Morgan fingerprint density at radius 3 is 3.00 bits per heavy atom. The summed E-state index contributed by atoms with van der Waals surface area (Å²) in [5.74, 6) is 0.768. The van der Waals surface area contributed by atoms with Crippen LogP contribution in [0.25, 0.3) is 0 Å². The van der Waals surface area contributed by atoms with E-state index in [-0.39, 0.29) is 6.09 Å². The summed E-state index contributed by atoms with van der Waals surface area (Å²) in [6.45, 7) is 0.905. The van der Waals surface area contributed by atoms with Crippen LogP contribution in [0.1, 0.15) is 25.7 Å². The van der Waals surface area contributed by atoms with Crippen molar-refractivity contribution in [3.63, 3.8) is 0 Å². The molecule has 68 valence electrons. The summed E-state index contributed by atoms with van der Waals surface area (Å²) in [5.41, 5.74) is 0. The van der Waals surface area contributed by atoms with Gasteiger partial charge < -0.3 is 9.64 Å². The molecule has 0 N–H and O–H groups in total. The fourth-order valence-corrected chi connectivity index (χ4v) is 2.58. The van der Waals surface area contributed by atoms with Gasteiger partial charge in [0, 0.05) is 12.6 Å². The molecule has 1 saturated heterocycles. The minimum absolute atomic E-state index is 0.135. The molecule has 0 bridgehead atoms. The van der Waals surface area contributed by atoms with Gasteiger partial charge in [0.15, 0.2) is 0 Å².